The lowest BCUT2D eigenvalue weighted by Gasteiger charge is -2.15. The minimum atomic E-state index is -0.572. The van der Waals surface area contributed by atoms with Gasteiger partial charge in [0, 0.05) is 22.5 Å². The van der Waals surface area contributed by atoms with Crippen LogP contribution in [-0.2, 0) is 4.79 Å². The number of hydrogen-bond acceptors (Lipinski definition) is 5. The highest BCUT2D eigenvalue weighted by Gasteiger charge is 2.32. The van der Waals surface area contributed by atoms with Crippen molar-refractivity contribution in [2.45, 2.75) is 25.1 Å². The highest BCUT2D eigenvalue weighted by atomic mass is 32.2. The van der Waals surface area contributed by atoms with Gasteiger partial charge in [0.15, 0.2) is 0 Å². The van der Waals surface area contributed by atoms with Crippen LogP contribution >= 0.6 is 11.8 Å². The molecule has 1 aliphatic rings. The van der Waals surface area contributed by atoms with Crippen LogP contribution in [0.15, 0.2) is 33.9 Å². The van der Waals surface area contributed by atoms with Gasteiger partial charge in [-0.2, -0.15) is 0 Å². The number of anilines is 1. The molecule has 3 heterocycles. The van der Waals surface area contributed by atoms with Crippen molar-refractivity contribution in [1.29, 1.82) is 0 Å². The van der Waals surface area contributed by atoms with Gasteiger partial charge in [0.2, 0.25) is 5.91 Å². The van der Waals surface area contributed by atoms with Gasteiger partial charge in [-0.15, -0.1) is 11.8 Å². The smallest absolute Gasteiger partial charge is 0.270 e. The topological polar surface area (TPSA) is 109 Å². The summed E-state index contributed by atoms with van der Waals surface area (Å²) in [5, 5.41) is 5.80. The first kappa shape index (κ1) is 18.4. The molecule has 28 heavy (non-hydrogen) atoms. The summed E-state index contributed by atoms with van der Waals surface area (Å²) in [6, 6.07) is 7.08. The molecule has 146 valence electrons. The molecule has 9 heteroatoms. The van der Waals surface area contributed by atoms with Gasteiger partial charge in [-0.25, -0.2) is 0 Å². The molecule has 2 aromatic heterocycles. The predicted molar refractivity (Wildman–Crippen MR) is 109 cm³/mol. The maximum absolute atomic E-state index is 12.8. The summed E-state index contributed by atoms with van der Waals surface area (Å²) >= 11 is 1.26. The van der Waals surface area contributed by atoms with Crippen LogP contribution in [0.2, 0.25) is 0 Å². The zero-order valence-electron chi connectivity index (χ0n) is 15.7. The van der Waals surface area contributed by atoms with E-state index in [2.05, 4.69) is 15.4 Å². The molecular formula is C19H20N4O4S. The van der Waals surface area contributed by atoms with Gasteiger partial charge in [-0.1, -0.05) is 0 Å². The number of amides is 1. The molecule has 1 atom stereocenters. The van der Waals surface area contributed by atoms with Crippen LogP contribution in [0.5, 0.6) is 5.75 Å². The third kappa shape index (κ3) is 3.01. The van der Waals surface area contributed by atoms with Crippen molar-refractivity contribution in [3.8, 4) is 5.75 Å². The monoisotopic (exact) mass is 400 g/mol. The average molecular weight is 400 g/mol. The summed E-state index contributed by atoms with van der Waals surface area (Å²) in [6.45, 7) is 3.81. The SMILES string of the molecule is COc1ccc2[nH]c(=O)c([C@@H]3SCC(=O)Nc4c3c(=O)[nH]n4C(C)C)cc2c1. The highest BCUT2D eigenvalue weighted by molar-refractivity contribution is 8.00. The number of aromatic nitrogens is 3. The van der Waals surface area contributed by atoms with E-state index in [4.69, 9.17) is 4.74 Å². The molecule has 0 unspecified atom stereocenters. The molecule has 0 aliphatic carbocycles. The number of benzene rings is 1. The maximum atomic E-state index is 12.8. The number of H-pyrrole nitrogens is 2. The lowest BCUT2D eigenvalue weighted by Crippen LogP contribution is -2.19. The number of aromatic amines is 2. The number of nitrogens with zero attached hydrogens (tertiary/aromatic N) is 1. The van der Waals surface area contributed by atoms with Gasteiger partial charge >= 0.3 is 0 Å². The van der Waals surface area contributed by atoms with Crippen molar-refractivity contribution in [3.63, 3.8) is 0 Å². The van der Waals surface area contributed by atoms with E-state index in [1.54, 1.807) is 30.0 Å². The molecule has 1 aliphatic heterocycles. The standard InChI is InChI=1S/C19H20N4O4S/c1-9(2)23-17-15(19(26)22-23)16(28-8-14(24)21-17)12-7-10-6-11(27-3)4-5-13(10)20-18(12)25/h4-7,9,16H,8H2,1-3H3,(H,20,25)(H,21,24)(H,22,26)/t16-/m0/s1. The Kier molecular flexibility index (Phi) is 4.54. The Balaban J connectivity index is 1.95. The summed E-state index contributed by atoms with van der Waals surface area (Å²) in [4.78, 5) is 40.6. The summed E-state index contributed by atoms with van der Waals surface area (Å²) in [5.74, 6) is 1.03. The zero-order valence-corrected chi connectivity index (χ0v) is 16.5. The Labute approximate surface area is 164 Å². The van der Waals surface area contributed by atoms with E-state index in [9.17, 15) is 14.4 Å². The number of ether oxygens (including phenoxy) is 1. The molecule has 3 N–H and O–H groups in total. The van der Waals surface area contributed by atoms with Crippen LogP contribution in [0.4, 0.5) is 5.82 Å². The number of carbonyl (C=O) groups is 1. The number of nitrogens with one attached hydrogen (secondary N) is 3. The van der Waals surface area contributed by atoms with Gasteiger partial charge in [-0.05, 0) is 38.1 Å². The number of methoxy groups -OCH3 is 1. The van der Waals surface area contributed by atoms with E-state index in [1.807, 2.05) is 19.9 Å². The fourth-order valence-corrected chi connectivity index (χ4v) is 4.53. The summed E-state index contributed by atoms with van der Waals surface area (Å²) < 4.78 is 6.90. The second kappa shape index (κ2) is 6.90. The average Bonchev–Trinajstić information content (AvgIpc) is 2.87. The van der Waals surface area contributed by atoms with E-state index in [0.717, 1.165) is 5.39 Å². The Bertz CT molecular complexity index is 1190. The molecule has 0 spiro atoms. The summed E-state index contributed by atoms with van der Waals surface area (Å²) in [5.41, 5.74) is 0.893. The summed E-state index contributed by atoms with van der Waals surface area (Å²) in [6.07, 6.45) is 0. The molecule has 0 fully saturated rings. The normalized spacial score (nSPS) is 16.7. The van der Waals surface area contributed by atoms with Crippen molar-refractivity contribution in [1.82, 2.24) is 14.8 Å². The van der Waals surface area contributed by atoms with Crippen LogP contribution in [0.1, 0.15) is 36.3 Å². The Morgan fingerprint density at radius 2 is 1.96 bits per heavy atom. The number of pyridine rings is 1. The molecule has 1 amide bonds. The van der Waals surface area contributed by atoms with Gasteiger partial charge < -0.3 is 15.0 Å². The van der Waals surface area contributed by atoms with Crippen molar-refractivity contribution in [2.24, 2.45) is 0 Å². The maximum Gasteiger partial charge on any atom is 0.270 e. The fraction of sp³-hybridized carbons (Fsp3) is 0.316. The zero-order chi connectivity index (χ0) is 20.0. The van der Waals surface area contributed by atoms with Crippen molar-refractivity contribution < 1.29 is 9.53 Å². The van der Waals surface area contributed by atoms with Crippen LogP contribution < -0.4 is 21.2 Å². The molecule has 0 saturated carbocycles. The first-order valence-corrected chi connectivity index (χ1v) is 9.90. The van der Waals surface area contributed by atoms with Crippen molar-refractivity contribution in [2.75, 3.05) is 18.2 Å². The fourth-order valence-electron chi connectivity index (χ4n) is 3.40. The predicted octanol–water partition coefficient (Wildman–Crippen LogP) is 2.38. The van der Waals surface area contributed by atoms with Crippen LogP contribution in [-0.4, -0.2) is 33.5 Å². The number of fused-ring (bicyclic) bond motifs is 2. The third-order valence-electron chi connectivity index (χ3n) is 4.74. The molecule has 3 aromatic rings. The molecule has 8 nitrogen and oxygen atoms in total. The largest absolute Gasteiger partial charge is 0.497 e. The summed E-state index contributed by atoms with van der Waals surface area (Å²) in [7, 11) is 1.58. The van der Waals surface area contributed by atoms with Gasteiger partial charge in [0.05, 0.1) is 23.7 Å². The van der Waals surface area contributed by atoms with Gasteiger partial charge in [0.25, 0.3) is 11.1 Å². The third-order valence-corrected chi connectivity index (χ3v) is 5.99. The lowest BCUT2D eigenvalue weighted by molar-refractivity contribution is -0.113. The van der Waals surface area contributed by atoms with Crippen LogP contribution in [0, 0.1) is 0 Å². The molecule has 0 saturated heterocycles. The number of rotatable bonds is 3. The van der Waals surface area contributed by atoms with Crippen molar-refractivity contribution in [3.05, 3.63) is 56.1 Å². The highest BCUT2D eigenvalue weighted by Crippen LogP contribution is 2.39. The van der Waals surface area contributed by atoms with E-state index in [0.29, 0.717) is 28.2 Å². The first-order valence-electron chi connectivity index (χ1n) is 8.86. The number of thioether (sulfide) groups is 1. The van der Waals surface area contributed by atoms with Crippen molar-refractivity contribution >= 4 is 34.4 Å². The second-order valence-corrected chi connectivity index (χ2v) is 8.01. The Morgan fingerprint density at radius 1 is 1.18 bits per heavy atom. The molecule has 4 rings (SSSR count). The van der Waals surface area contributed by atoms with E-state index < -0.39 is 5.25 Å². The molecule has 0 radical (unpaired) electrons. The first-order chi connectivity index (χ1) is 13.4. The van der Waals surface area contributed by atoms with E-state index in [1.165, 1.54) is 11.8 Å². The molecule has 0 bridgehead atoms. The van der Waals surface area contributed by atoms with Crippen LogP contribution in [0.25, 0.3) is 10.9 Å². The Hall–Kier alpha value is -2.94. The Morgan fingerprint density at radius 3 is 2.68 bits per heavy atom. The van der Waals surface area contributed by atoms with Gasteiger partial charge in [0.1, 0.15) is 11.6 Å². The molecule has 1 aromatic carbocycles. The quantitative estimate of drug-likeness (QED) is 0.625. The van der Waals surface area contributed by atoms with E-state index >= 15 is 0 Å². The minimum Gasteiger partial charge on any atom is -0.497 e. The van der Waals surface area contributed by atoms with Crippen LogP contribution in [0.3, 0.4) is 0 Å². The second-order valence-electron chi connectivity index (χ2n) is 6.91. The number of carbonyl (C=O) groups excluding carboxylic acids is 1. The number of hydrogen-bond donors (Lipinski definition) is 3. The lowest BCUT2D eigenvalue weighted by atomic mass is 10.1. The minimum absolute atomic E-state index is 0.0559. The van der Waals surface area contributed by atoms with E-state index in [-0.39, 0.29) is 28.8 Å². The van der Waals surface area contributed by atoms with Gasteiger partial charge in [-0.3, -0.25) is 24.2 Å². The molecular weight excluding hydrogens is 380 g/mol.